The minimum absolute atomic E-state index is 0.0381. The van der Waals surface area contributed by atoms with E-state index in [1.165, 1.54) is 12.1 Å². The molecule has 0 amide bonds. The third kappa shape index (κ3) is 3.30. The second-order valence-corrected chi connectivity index (χ2v) is 4.93. The van der Waals surface area contributed by atoms with Crippen LogP contribution in [0.25, 0.3) is 0 Å². The third-order valence-electron chi connectivity index (χ3n) is 3.09. The summed E-state index contributed by atoms with van der Waals surface area (Å²) in [7, 11) is 1.84. The summed E-state index contributed by atoms with van der Waals surface area (Å²) in [6.07, 6.45) is 0. The van der Waals surface area contributed by atoms with Gasteiger partial charge in [-0.2, -0.15) is 5.26 Å². The molecule has 106 valence electrons. The van der Waals surface area contributed by atoms with E-state index in [4.69, 9.17) is 16.9 Å². The van der Waals surface area contributed by atoms with Crippen molar-refractivity contribution in [1.82, 2.24) is 0 Å². The van der Waals surface area contributed by atoms with Gasteiger partial charge in [-0.05, 0) is 23.8 Å². The lowest BCUT2D eigenvalue weighted by atomic mass is 10.1. The summed E-state index contributed by atoms with van der Waals surface area (Å²) in [5.74, 6) is 0. The van der Waals surface area contributed by atoms with Gasteiger partial charge in [0.2, 0.25) is 0 Å². The van der Waals surface area contributed by atoms with Crippen LogP contribution in [0.3, 0.4) is 0 Å². The number of hydrogen-bond acceptors (Lipinski definition) is 4. The van der Waals surface area contributed by atoms with Gasteiger partial charge in [0.1, 0.15) is 6.07 Å². The summed E-state index contributed by atoms with van der Waals surface area (Å²) < 4.78 is 0. The van der Waals surface area contributed by atoms with Gasteiger partial charge < -0.3 is 4.90 Å². The summed E-state index contributed by atoms with van der Waals surface area (Å²) in [5.41, 5.74) is 2.08. The molecule has 2 rings (SSSR count). The highest BCUT2D eigenvalue weighted by Gasteiger charge is 2.12. The van der Waals surface area contributed by atoms with Gasteiger partial charge in [-0.15, -0.1) is 0 Å². The van der Waals surface area contributed by atoms with Gasteiger partial charge in [0.25, 0.3) is 5.69 Å². The molecule has 0 aliphatic heterocycles. The average Bonchev–Trinajstić information content (AvgIpc) is 2.48. The summed E-state index contributed by atoms with van der Waals surface area (Å²) >= 11 is 6.08. The maximum absolute atomic E-state index is 10.7. The van der Waals surface area contributed by atoms with Crippen molar-refractivity contribution in [3.8, 4) is 6.07 Å². The molecule has 0 N–H and O–H groups in total. The fraction of sp³-hybridized carbons (Fsp3) is 0.133. The molecule has 0 unspecified atom stereocenters. The van der Waals surface area contributed by atoms with Crippen molar-refractivity contribution in [2.75, 3.05) is 11.9 Å². The Morgan fingerprint density at radius 2 is 2.05 bits per heavy atom. The molecular weight excluding hydrogens is 290 g/mol. The molecule has 0 aliphatic carbocycles. The van der Waals surface area contributed by atoms with E-state index in [1.54, 1.807) is 18.2 Å². The zero-order valence-electron chi connectivity index (χ0n) is 11.3. The molecule has 6 heteroatoms. The average molecular weight is 302 g/mol. The molecular formula is C15H12ClN3O2. The minimum Gasteiger partial charge on any atom is -0.369 e. The maximum Gasteiger partial charge on any atom is 0.270 e. The Bertz CT molecular complexity index is 725. The highest BCUT2D eigenvalue weighted by Crippen LogP contribution is 2.26. The van der Waals surface area contributed by atoms with Crippen molar-refractivity contribution in [3.05, 3.63) is 68.7 Å². The lowest BCUT2D eigenvalue weighted by Crippen LogP contribution is -2.17. The van der Waals surface area contributed by atoms with Crippen molar-refractivity contribution in [2.24, 2.45) is 0 Å². The van der Waals surface area contributed by atoms with Gasteiger partial charge in [0, 0.05) is 25.7 Å². The molecule has 0 radical (unpaired) electrons. The molecule has 0 aromatic heterocycles. The smallest absolute Gasteiger partial charge is 0.270 e. The molecule has 0 aliphatic rings. The summed E-state index contributed by atoms with van der Waals surface area (Å²) in [6.45, 7) is 0.454. The fourth-order valence-corrected chi connectivity index (χ4v) is 2.25. The summed E-state index contributed by atoms with van der Waals surface area (Å²) in [5, 5.41) is 20.1. The molecule has 0 spiro atoms. The van der Waals surface area contributed by atoms with E-state index >= 15 is 0 Å². The van der Waals surface area contributed by atoms with Crippen LogP contribution >= 0.6 is 11.6 Å². The molecule has 0 atom stereocenters. The first-order chi connectivity index (χ1) is 10.0. The van der Waals surface area contributed by atoms with Crippen molar-refractivity contribution >= 4 is 23.0 Å². The van der Waals surface area contributed by atoms with Crippen LogP contribution in [0.2, 0.25) is 5.02 Å². The number of para-hydroxylation sites is 1. The van der Waals surface area contributed by atoms with Crippen LogP contribution in [0.4, 0.5) is 11.4 Å². The van der Waals surface area contributed by atoms with E-state index in [0.717, 1.165) is 11.3 Å². The van der Waals surface area contributed by atoms with Crippen LogP contribution in [0.15, 0.2) is 42.5 Å². The van der Waals surface area contributed by atoms with E-state index in [0.29, 0.717) is 17.1 Å². The first-order valence-corrected chi connectivity index (χ1v) is 6.54. The van der Waals surface area contributed by atoms with Crippen LogP contribution in [0.5, 0.6) is 0 Å². The number of nitriles is 1. The Morgan fingerprint density at radius 1 is 1.33 bits per heavy atom. The van der Waals surface area contributed by atoms with Crippen molar-refractivity contribution < 1.29 is 4.92 Å². The molecule has 0 fully saturated rings. The van der Waals surface area contributed by atoms with Gasteiger partial charge in [-0.1, -0.05) is 23.7 Å². The van der Waals surface area contributed by atoms with E-state index < -0.39 is 4.92 Å². The number of halogens is 1. The Kier molecular flexibility index (Phi) is 4.41. The fourth-order valence-electron chi connectivity index (χ4n) is 2.02. The Hall–Kier alpha value is -2.58. The highest BCUT2D eigenvalue weighted by atomic mass is 35.5. The minimum atomic E-state index is -0.482. The molecule has 21 heavy (non-hydrogen) atoms. The third-order valence-corrected chi connectivity index (χ3v) is 3.44. The zero-order valence-corrected chi connectivity index (χ0v) is 12.0. The lowest BCUT2D eigenvalue weighted by Gasteiger charge is -2.21. The van der Waals surface area contributed by atoms with Gasteiger partial charge in [0.15, 0.2) is 0 Å². The van der Waals surface area contributed by atoms with E-state index in [-0.39, 0.29) is 5.69 Å². The quantitative estimate of drug-likeness (QED) is 0.637. The zero-order chi connectivity index (χ0) is 15.4. The lowest BCUT2D eigenvalue weighted by molar-refractivity contribution is -0.384. The second kappa shape index (κ2) is 6.25. The van der Waals surface area contributed by atoms with Crippen molar-refractivity contribution in [2.45, 2.75) is 6.54 Å². The van der Waals surface area contributed by atoms with Crippen LogP contribution in [0, 0.1) is 21.4 Å². The van der Waals surface area contributed by atoms with Crippen molar-refractivity contribution in [1.29, 1.82) is 5.26 Å². The monoisotopic (exact) mass is 301 g/mol. The van der Waals surface area contributed by atoms with Gasteiger partial charge >= 0.3 is 0 Å². The predicted molar refractivity (Wildman–Crippen MR) is 81.4 cm³/mol. The molecule has 0 saturated heterocycles. The van der Waals surface area contributed by atoms with Crippen LogP contribution < -0.4 is 4.90 Å². The van der Waals surface area contributed by atoms with Crippen LogP contribution in [-0.2, 0) is 6.54 Å². The van der Waals surface area contributed by atoms with E-state index in [9.17, 15) is 10.1 Å². The van der Waals surface area contributed by atoms with Gasteiger partial charge in [-0.3, -0.25) is 10.1 Å². The number of anilines is 1. The Labute approximate surface area is 127 Å². The first-order valence-electron chi connectivity index (χ1n) is 6.16. The largest absolute Gasteiger partial charge is 0.369 e. The standard InChI is InChI=1S/C15H12ClN3O2/c1-18(15-5-3-2-4-11(15)9-17)10-12-6-7-13(19(20)21)8-14(12)16/h2-8H,10H2,1H3. The summed E-state index contributed by atoms with van der Waals surface area (Å²) in [6, 6.07) is 13.8. The molecule has 0 bridgehead atoms. The number of nitrogens with zero attached hydrogens (tertiary/aromatic N) is 3. The number of non-ortho nitro benzene ring substituents is 1. The number of rotatable bonds is 4. The Morgan fingerprint density at radius 3 is 2.67 bits per heavy atom. The van der Waals surface area contributed by atoms with Gasteiger partial charge in [0.05, 0.1) is 21.2 Å². The molecule has 0 heterocycles. The van der Waals surface area contributed by atoms with Gasteiger partial charge in [-0.25, -0.2) is 0 Å². The number of benzene rings is 2. The van der Waals surface area contributed by atoms with Crippen LogP contribution in [0.1, 0.15) is 11.1 Å². The molecule has 2 aromatic rings. The van der Waals surface area contributed by atoms with E-state index in [1.807, 2.05) is 24.1 Å². The first kappa shape index (κ1) is 14.8. The summed E-state index contributed by atoms with van der Waals surface area (Å²) in [4.78, 5) is 12.1. The SMILES string of the molecule is CN(Cc1ccc([N+](=O)[O-])cc1Cl)c1ccccc1C#N. The molecule has 2 aromatic carbocycles. The Balaban J connectivity index is 2.26. The number of nitro benzene ring substituents is 1. The number of nitro groups is 1. The predicted octanol–water partition coefficient (Wildman–Crippen LogP) is 3.76. The second-order valence-electron chi connectivity index (χ2n) is 4.52. The molecule has 0 saturated carbocycles. The maximum atomic E-state index is 10.7. The highest BCUT2D eigenvalue weighted by molar-refractivity contribution is 6.31. The van der Waals surface area contributed by atoms with Crippen molar-refractivity contribution in [3.63, 3.8) is 0 Å². The topological polar surface area (TPSA) is 70.2 Å². The molecule has 5 nitrogen and oxygen atoms in total. The normalized spacial score (nSPS) is 9.95. The number of hydrogen-bond donors (Lipinski definition) is 0. The van der Waals surface area contributed by atoms with E-state index in [2.05, 4.69) is 6.07 Å². The van der Waals surface area contributed by atoms with Crippen LogP contribution in [-0.4, -0.2) is 12.0 Å².